The second-order valence-electron chi connectivity index (χ2n) is 4.12. The van der Waals surface area contributed by atoms with Crippen LogP contribution in [0.5, 0.6) is 5.75 Å². The standard InChI is InChI=1S/C13H15NO4/c1-13(17,9-15)8-11-2-4-12(5-3-11)18-7-6-14-10-16/h2-5,9,17H,6-8H2,1H3. The highest BCUT2D eigenvalue weighted by Crippen LogP contribution is 2.16. The zero-order valence-electron chi connectivity index (χ0n) is 10.1. The maximum atomic E-state index is 10.6. The van der Waals surface area contributed by atoms with Crippen molar-refractivity contribution in [2.45, 2.75) is 18.9 Å². The number of aliphatic imine (C=N–C) groups is 1. The van der Waals surface area contributed by atoms with E-state index in [1.807, 2.05) is 0 Å². The highest BCUT2D eigenvalue weighted by Gasteiger charge is 2.19. The molecular formula is C13H15NO4. The lowest BCUT2D eigenvalue weighted by molar-refractivity contribution is -0.122. The molecule has 0 radical (unpaired) electrons. The van der Waals surface area contributed by atoms with E-state index in [-0.39, 0.29) is 13.0 Å². The quantitative estimate of drug-likeness (QED) is 0.337. The van der Waals surface area contributed by atoms with Gasteiger partial charge in [0, 0.05) is 6.42 Å². The molecule has 18 heavy (non-hydrogen) atoms. The van der Waals surface area contributed by atoms with Gasteiger partial charge >= 0.3 is 0 Å². The fourth-order valence-electron chi connectivity index (χ4n) is 1.41. The fraction of sp³-hybridized carbons (Fsp3) is 0.385. The number of aldehydes is 1. The lowest BCUT2D eigenvalue weighted by Crippen LogP contribution is -2.28. The topological polar surface area (TPSA) is 76.0 Å². The Morgan fingerprint density at radius 3 is 2.67 bits per heavy atom. The molecule has 96 valence electrons. The Labute approximate surface area is 105 Å². The van der Waals surface area contributed by atoms with Crippen LogP contribution in [0.15, 0.2) is 29.3 Å². The van der Waals surface area contributed by atoms with Crippen molar-refractivity contribution in [3.05, 3.63) is 29.8 Å². The van der Waals surface area contributed by atoms with Gasteiger partial charge in [-0.3, -0.25) is 0 Å². The zero-order chi connectivity index (χ0) is 13.4. The first-order valence-corrected chi connectivity index (χ1v) is 5.51. The predicted octanol–water partition coefficient (Wildman–Crippen LogP) is 0.894. The van der Waals surface area contributed by atoms with Gasteiger partial charge in [0.15, 0.2) is 6.29 Å². The van der Waals surface area contributed by atoms with Gasteiger partial charge in [-0.05, 0) is 24.6 Å². The maximum Gasteiger partial charge on any atom is 0.235 e. The Hall–Kier alpha value is -1.97. The van der Waals surface area contributed by atoms with Crippen molar-refractivity contribution in [3.63, 3.8) is 0 Å². The van der Waals surface area contributed by atoms with Gasteiger partial charge in [0.1, 0.15) is 18.0 Å². The molecule has 0 saturated carbocycles. The second-order valence-corrected chi connectivity index (χ2v) is 4.12. The predicted molar refractivity (Wildman–Crippen MR) is 65.3 cm³/mol. The first-order valence-electron chi connectivity index (χ1n) is 5.51. The van der Waals surface area contributed by atoms with Crippen LogP contribution in [-0.4, -0.2) is 36.2 Å². The van der Waals surface area contributed by atoms with Crippen molar-refractivity contribution >= 4 is 12.4 Å². The summed E-state index contributed by atoms with van der Waals surface area (Å²) in [6.45, 7) is 2.04. The molecule has 0 aliphatic rings. The summed E-state index contributed by atoms with van der Waals surface area (Å²) >= 11 is 0. The number of hydrogen-bond acceptors (Lipinski definition) is 5. The fourth-order valence-corrected chi connectivity index (χ4v) is 1.41. The van der Waals surface area contributed by atoms with E-state index in [0.717, 1.165) is 5.56 Å². The number of carbonyl (C=O) groups excluding carboxylic acids is 2. The Morgan fingerprint density at radius 1 is 1.44 bits per heavy atom. The third kappa shape index (κ3) is 4.91. The Bertz CT molecular complexity index is 433. The smallest absolute Gasteiger partial charge is 0.235 e. The molecule has 0 heterocycles. The number of rotatable bonds is 7. The summed E-state index contributed by atoms with van der Waals surface area (Å²) in [4.78, 5) is 23.8. The summed E-state index contributed by atoms with van der Waals surface area (Å²) in [5.41, 5.74) is -0.508. The van der Waals surface area contributed by atoms with Crippen LogP contribution in [0.25, 0.3) is 0 Å². The summed E-state index contributed by atoms with van der Waals surface area (Å²) in [6, 6.07) is 7.02. The minimum atomic E-state index is -1.35. The van der Waals surface area contributed by atoms with E-state index in [4.69, 9.17) is 4.74 Å². The first kappa shape index (κ1) is 14.1. The molecule has 1 unspecified atom stereocenters. The monoisotopic (exact) mass is 249 g/mol. The van der Waals surface area contributed by atoms with Crippen molar-refractivity contribution in [2.24, 2.45) is 4.99 Å². The Morgan fingerprint density at radius 2 is 2.11 bits per heavy atom. The highest BCUT2D eigenvalue weighted by atomic mass is 16.5. The summed E-state index contributed by atoms with van der Waals surface area (Å²) in [7, 11) is 0. The van der Waals surface area contributed by atoms with Crippen LogP contribution < -0.4 is 4.74 Å². The molecule has 0 fully saturated rings. The van der Waals surface area contributed by atoms with Gasteiger partial charge in [0.05, 0.1) is 6.54 Å². The van der Waals surface area contributed by atoms with E-state index in [1.54, 1.807) is 24.3 Å². The van der Waals surface area contributed by atoms with Gasteiger partial charge in [0.2, 0.25) is 6.08 Å². The molecule has 1 N–H and O–H groups in total. The molecule has 0 amide bonds. The number of hydrogen-bond donors (Lipinski definition) is 1. The SMILES string of the molecule is CC(O)(C=O)Cc1ccc(OCCN=C=O)cc1. The van der Waals surface area contributed by atoms with Gasteiger partial charge in [-0.2, -0.15) is 0 Å². The molecule has 1 atom stereocenters. The second kappa shape index (κ2) is 6.69. The van der Waals surface area contributed by atoms with E-state index < -0.39 is 5.60 Å². The Kier molecular flexibility index (Phi) is 5.24. The Balaban J connectivity index is 2.52. The van der Waals surface area contributed by atoms with Crippen molar-refractivity contribution in [2.75, 3.05) is 13.2 Å². The molecule has 0 spiro atoms. The van der Waals surface area contributed by atoms with Crippen LogP contribution >= 0.6 is 0 Å². The molecule has 1 aromatic carbocycles. The largest absolute Gasteiger partial charge is 0.492 e. The molecule has 5 nitrogen and oxygen atoms in total. The van der Waals surface area contributed by atoms with Crippen molar-refractivity contribution in [3.8, 4) is 5.75 Å². The summed E-state index contributed by atoms with van der Waals surface area (Å²) < 4.78 is 5.31. The third-order valence-corrected chi connectivity index (χ3v) is 2.28. The molecule has 0 bridgehead atoms. The lowest BCUT2D eigenvalue weighted by Gasteiger charge is -2.15. The number of benzene rings is 1. The molecule has 0 aromatic heterocycles. The summed E-state index contributed by atoms with van der Waals surface area (Å²) in [5, 5.41) is 9.60. The van der Waals surface area contributed by atoms with Gasteiger partial charge in [-0.1, -0.05) is 12.1 Å². The molecule has 5 heteroatoms. The molecule has 0 aliphatic carbocycles. The van der Waals surface area contributed by atoms with Crippen LogP contribution in [0, 0.1) is 0 Å². The van der Waals surface area contributed by atoms with E-state index in [9.17, 15) is 14.7 Å². The lowest BCUT2D eigenvalue weighted by atomic mass is 9.98. The maximum absolute atomic E-state index is 10.6. The van der Waals surface area contributed by atoms with Crippen molar-refractivity contribution < 1.29 is 19.4 Å². The summed E-state index contributed by atoms with van der Waals surface area (Å²) in [5.74, 6) is 0.644. The number of isocyanates is 1. The third-order valence-electron chi connectivity index (χ3n) is 2.28. The number of carbonyl (C=O) groups is 1. The highest BCUT2D eigenvalue weighted by molar-refractivity contribution is 5.62. The van der Waals surface area contributed by atoms with Gasteiger partial charge < -0.3 is 14.6 Å². The van der Waals surface area contributed by atoms with E-state index in [2.05, 4.69) is 4.99 Å². The van der Waals surface area contributed by atoms with E-state index in [1.165, 1.54) is 13.0 Å². The van der Waals surface area contributed by atoms with Crippen LogP contribution in [0.1, 0.15) is 12.5 Å². The van der Waals surface area contributed by atoms with E-state index >= 15 is 0 Å². The van der Waals surface area contributed by atoms with Gasteiger partial charge in [-0.15, -0.1) is 0 Å². The molecule has 0 aliphatic heterocycles. The average molecular weight is 249 g/mol. The first-order chi connectivity index (χ1) is 8.57. The molecule has 0 saturated heterocycles. The average Bonchev–Trinajstić information content (AvgIpc) is 2.36. The van der Waals surface area contributed by atoms with Crippen LogP contribution in [0.3, 0.4) is 0 Å². The number of ether oxygens (including phenoxy) is 1. The van der Waals surface area contributed by atoms with Crippen LogP contribution in [-0.2, 0) is 16.0 Å². The normalized spacial score (nSPS) is 13.2. The van der Waals surface area contributed by atoms with Gasteiger partial charge in [-0.25, -0.2) is 9.79 Å². The van der Waals surface area contributed by atoms with Crippen LogP contribution in [0.4, 0.5) is 0 Å². The van der Waals surface area contributed by atoms with Gasteiger partial charge in [0.25, 0.3) is 0 Å². The molecular weight excluding hydrogens is 234 g/mol. The number of nitrogens with zero attached hydrogens (tertiary/aromatic N) is 1. The van der Waals surface area contributed by atoms with Crippen molar-refractivity contribution in [1.29, 1.82) is 0 Å². The van der Waals surface area contributed by atoms with Crippen molar-refractivity contribution in [1.82, 2.24) is 0 Å². The molecule has 1 rings (SSSR count). The summed E-state index contributed by atoms with van der Waals surface area (Å²) in [6.07, 6.45) is 2.21. The molecule has 1 aromatic rings. The van der Waals surface area contributed by atoms with E-state index in [0.29, 0.717) is 18.6 Å². The minimum Gasteiger partial charge on any atom is -0.492 e. The zero-order valence-corrected chi connectivity index (χ0v) is 10.1. The van der Waals surface area contributed by atoms with Crippen LogP contribution in [0.2, 0.25) is 0 Å². The minimum absolute atomic E-state index is 0.256. The number of aliphatic hydroxyl groups is 1.